The van der Waals surface area contributed by atoms with Gasteiger partial charge >= 0.3 is 0 Å². The SMILES string of the molecule is CC(C)CCNCC(C)N(Cc1ccco1)C1CC1. The molecule has 1 aliphatic carbocycles. The zero-order valence-corrected chi connectivity index (χ0v) is 12.6. The molecule has 1 heterocycles. The van der Waals surface area contributed by atoms with Gasteiger partial charge in [0.2, 0.25) is 0 Å². The normalized spacial score (nSPS) is 17.3. The van der Waals surface area contributed by atoms with Crippen LogP contribution in [0.5, 0.6) is 0 Å². The average molecular weight is 264 g/mol. The summed E-state index contributed by atoms with van der Waals surface area (Å²) in [5.74, 6) is 1.87. The molecule has 0 bridgehead atoms. The summed E-state index contributed by atoms with van der Waals surface area (Å²) in [5.41, 5.74) is 0. The van der Waals surface area contributed by atoms with Gasteiger partial charge in [-0.1, -0.05) is 13.8 Å². The van der Waals surface area contributed by atoms with E-state index in [0.717, 1.165) is 37.4 Å². The highest BCUT2D eigenvalue weighted by atomic mass is 16.3. The van der Waals surface area contributed by atoms with Crippen LogP contribution < -0.4 is 5.32 Å². The summed E-state index contributed by atoms with van der Waals surface area (Å²) in [7, 11) is 0. The fraction of sp³-hybridized carbons (Fsp3) is 0.750. The maximum Gasteiger partial charge on any atom is 0.117 e. The van der Waals surface area contributed by atoms with Gasteiger partial charge < -0.3 is 9.73 Å². The summed E-state index contributed by atoms with van der Waals surface area (Å²) in [4.78, 5) is 2.58. The Morgan fingerprint density at radius 3 is 2.74 bits per heavy atom. The molecule has 3 heteroatoms. The van der Waals surface area contributed by atoms with Gasteiger partial charge in [-0.2, -0.15) is 0 Å². The lowest BCUT2D eigenvalue weighted by Gasteiger charge is -2.28. The molecule has 1 atom stereocenters. The number of nitrogens with zero attached hydrogens (tertiary/aromatic N) is 1. The van der Waals surface area contributed by atoms with E-state index in [9.17, 15) is 0 Å². The van der Waals surface area contributed by atoms with Crippen LogP contribution in [0.2, 0.25) is 0 Å². The molecular formula is C16H28N2O. The van der Waals surface area contributed by atoms with Crippen LogP contribution in [0.1, 0.15) is 45.8 Å². The van der Waals surface area contributed by atoms with E-state index in [1.165, 1.54) is 19.3 Å². The lowest BCUT2D eigenvalue weighted by molar-refractivity contribution is 0.171. The Bertz CT molecular complexity index is 344. The first-order valence-electron chi connectivity index (χ1n) is 7.65. The van der Waals surface area contributed by atoms with E-state index >= 15 is 0 Å². The first-order valence-corrected chi connectivity index (χ1v) is 7.65. The summed E-state index contributed by atoms with van der Waals surface area (Å²) in [6.07, 6.45) is 5.72. The van der Waals surface area contributed by atoms with Gasteiger partial charge in [-0.25, -0.2) is 0 Å². The molecule has 1 aliphatic rings. The minimum Gasteiger partial charge on any atom is -0.468 e. The molecule has 3 nitrogen and oxygen atoms in total. The van der Waals surface area contributed by atoms with E-state index in [-0.39, 0.29) is 0 Å². The second-order valence-electron chi connectivity index (χ2n) is 6.22. The van der Waals surface area contributed by atoms with Crippen LogP contribution in [0.3, 0.4) is 0 Å². The molecule has 0 amide bonds. The first kappa shape index (κ1) is 14.6. The Morgan fingerprint density at radius 1 is 1.37 bits per heavy atom. The first-order chi connectivity index (χ1) is 9.16. The smallest absolute Gasteiger partial charge is 0.117 e. The van der Waals surface area contributed by atoms with Crippen LogP contribution in [0.15, 0.2) is 22.8 Å². The third kappa shape index (κ3) is 5.00. The topological polar surface area (TPSA) is 28.4 Å². The van der Waals surface area contributed by atoms with E-state index in [1.54, 1.807) is 6.26 Å². The third-order valence-corrected chi connectivity index (χ3v) is 3.84. The van der Waals surface area contributed by atoms with Gasteiger partial charge in [-0.05, 0) is 50.8 Å². The van der Waals surface area contributed by atoms with Crippen molar-refractivity contribution in [3.8, 4) is 0 Å². The zero-order chi connectivity index (χ0) is 13.7. The van der Waals surface area contributed by atoms with Crippen molar-refractivity contribution in [3.63, 3.8) is 0 Å². The van der Waals surface area contributed by atoms with Crippen molar-refractivity contribution in [3.05, 3.63) is 24.2 Å². The molecule has 1 aromatic rings. The van der Waals surface area contributed by atoms with E-state index in [0.29, 0.717) is 6.04 Å². The van der Waals surface area contributed by atoms with Crippen molar-refractivity contribution < 1.29 is 4.42 Å². The lowest BCUT2D eigenvalue weighted by Crippen LogP contribution is -2.41. The molecule has 0 spiro atoms. The summed E-state index contributed by atoms with van der Waals surface area (Å²) in [5, 5.41) is 3.59. The number of hydrogen-bond donors (Lipinski definition) is 1. The van der Waals surface area contributed by atoms with Crippen LogP contribution in [0.4, 0.5) is 0 Å². The van der Waals surface area contributed by atoms with Crippen LogP contribution >= 0.6 is 0 Å². The van der Waals surface area contributed by atoms with Gasteiger partial charge in [0.05, 0.1) is 12.8 Å². The molecule has 19 heavy (non-hydrogen) atoms. The highest BCUT2D eigenvalue weighted by Crippen LogP contribution is 2.30. The largest absolute Gasteiger partial charge is 0.468 e. The number of hydrogen-bond acceptors (Lipinski definition) is 3. The molecule has 0 aliphatic heterocycles. The number of nitrogens with one attached hydrogen (secondary N) is 1. The van der Waals surface area contributed by atoms with Crippen LogP contribution in [0, 0.1) is 5.92 Å². The maximum absolute atomic E-state index is 5.49. The Balaban J connectivity index is 1.75. The lowest BCUT2D eigenvalue weighted by atomic mass is 10.1. The molecule has 1 unspecified atom stereocenters. The zero-order valence-electron chi connectivity index (χ0n) is 12.6. The van der Waals surface area contributed by atoms with Gasteiger partial charge in [0.1, 0.15) is 5.76 Å². The molecule has 0 saturated heterocycles. The Labute approximate surface area is 117 Å². The van der Waals surface area contributed by atoms with Crippen molar-refractivity contribution in [2.75, 3.05) is 13.1 Å². The monoisotopic (exact) mass is 264 g/mol. The second kappa shape index (κ2) is 7.11. The second-order valence-corrected chi connectivity index (χ2v) is 6.22. The summed E-state index contributed by atoms with van der Waals surface area (Å²) in [6, 6.07) is 5.40. The molecule has 1 aromatic heterocycles. The van der Waals surface area contributed by atoms with Crippen LogP contribution in [-0.4, -0.2) is 30.1 Å². The quantitative estimate of drug-likeness (QED) is 0.694. The molecule has 1 N–H and O–H groups in total. The summed E-state index contributed by atoms with van der Waals surface area (Å²) < 4.78 is 5.49. The highest BCUT2D eigenvalue weighted by Gasteiger charge is 2.32. The standard InChI is InChI=1S/C16H28N2O/c1-13(2)8-9-17-11-14(3)18(15-6-7-15)12-16-5-4-10-19-16/h4-5,10,13-15,17H,6-9,11-12H2,1-3H3. The van der Waals surface area contributed by atoms with E-state index in [1.807, 2.05) is 6.07 Å². The Morgan fingerprint density at radius 2 is 2.16 bits per heavy atom. The van der Waals surface area contributed by atoms with Crippen molar-refractivity contribution in [1.29, 1.82) is 0 Å². The van der Waals surface area contributed by atoms with Gasteiger partial charge in [0, 0.05) is 18.6 Å². The summed E-state index contributed by atoms with van der Waals surface area (Å²) >= 11 is 0. The molecule has 1 saturated carbocycles. The van der Waals surface area contributed by atoms with Crippen molar-refractivity contribution in [2.45, 2.75) is 58.7 Å². The predicted molar refractivity (Wildman–Crippen MR) is 79.1 cm³/mol. The molecule has 2 rings (SSSR count). The third-order valence-electron chi connectivity index (χ3n) is 3.84. The van der Waals surface area contributed by atoms with Crippen molar-refractivity contribution >= 4 is 0 Å². The molecule has 108 valence electrons. The van der Waals surface area contributed by atoms with Gasteiger partial charge in [0.15, 0.2) is 0 Å². The van der Waals surface area contributed by atoms with Gasteiger partial charge in [-0.15, -0.1) is 0 Å². The average Bonchev–Trinajstić information content (AvgIpc) is 3.08. The molecular weight excluding hydrogens is 236 g/mol. The number of furan rings is 1. The van der Waals surface area contributed by atoms with Crippen molar-refractivity contribution in [2.24, 2.45) is 5.92 Å². The van der Waals surface area contributed by atoms with E-state index in [4.69, 9.17) is 4.42 Å². The van der Waals surface area contributed by atoms with Crippen molar-refractivity contribution in [1.82, 2.24) is 10.2 Å². The molecule has 0 radical (unpaired) electrons. The van der Waals surface area contributed by atoms with E-state index in [2.05, 4.69) is 37.1 Å². The van der Waals surface area contributed by atoms with Crippen LogP contribution in [0.25, 0.3) is 0 Å². The minimum atomic E-state index is 0.574. The highest BCUT2D eigenvalue weighted by molar-refractivity contribution is 5.00. The Hall–Kier alpha value is -0.800. The fourth-order valence-corrected chi connectivity index (χ4v) is 2.45. The Kier molecular flexibility index (Phi) is 5.46. The number of rotatable bonds is 9. The van der Waals surface area contributed by atoms with Crippen LogP contribution in [-0.2, 0) is 6.54 Å². The molecule has 0 aromatic carbocycles. The summed E-state index contributed by atoms with van der Waals surface area (Å²) in [6.45, 7) is 10.0. The fourth-order valence-electron chi connectivity index (χ4n) is 2.45. The molecule has 1 fully saturated rings. The minimum absolute atomic E-state index is 0.574. The van der Waals surface area contributed by atoms with Gasteiger partial charge in [-0.3, -0.25) is 4.90 Å². The predicted octanol–water partition coefficient (Wildman–Crippen LogP) is 3.27. The maximum atomic E-state index is 5.49. The van der Waals surface area contributed by atoms with E-state index < -0.39 is 0 Å². The van der Waals surface area contributed by atoms with Gasteiger partial charge in [0.25, 0.3) is 0 Å².